The molecule has 2 amide bonds. The number of hydrogen-bond donors (Lipinski definition) is 2. The van der Waals surface area contributed by atoms with Crippen molar-refractivity contribution in [1.29, 1.82) is 0 Å². The molecule has 0 radical (unpaired) electrons. The summed E-state index contributed by atoms with van der Waals surface area (Å²) < 4.78 is 0. The molecule has 3 rings (SSSR count). The van der Waals surface area contributed by atoms with E-state index in [4.69, 9.17) is 11.6 Å². The number of aryl methyl sites for hydroxylation is 1. The first-order valence-electron chi connectivity index (χ1n) is 9.12. The topological polar surface area (TPSA) is 58.2 Å². The van der Waals surface area contributed by atoms with Gasteiger partial charge in [-0.2, -0.15) is 0 Å². The minimum atomic E-state index is -0.0923. The Bertz CT molecular complexity index is 989. The van der Waals surface area contributed by atoms with E-state index in [0.717, 1.165) is 27.4 Å². The van der Waals surface area contributed by atoms with Gasteiger partial charge >= 0.3 is 0 Å². The van der Waals surface area contributed by atoms with Crippen LogP contribution in [0.25, 0.3) is 0 Å². The van der Waals surface area contributed by atoms with Gasteiger partial charge in [0, 0.05) is 21.3 Å². The lowest BCUT2D eigenvalue weighted by molar-refractivity contribution is -0.115. The van der Waals surface area contributed by atoms with Gasteiger partial charge in [-0.25, -0.2) is 0 Å². The molecule has 2 N–H and O–H groups in total. The van der Waals surface area contributed by atoms with Gasteiger partial charge in [-0.1, -0.05) is 41.9 Å². The Labute approximate surface area is 179 Å². The first-order chi connectivity index (χ1) is 14.0. The number of carbonyl (C=O) groups is 2. The Morgan fingerprint density at radius 2 is 1.55 bits per heavy atom. The van der Waals surface area contributed by atoms with Gasteiger partial charge in [0.25, 0.3) is 0 Å². The van der Waals surface area contributed by atoms with Crippen LogP contribution in [0, 0.1) is 6.92 Å². The van der Waals surface area contributed by atoms with E-state index in [1.807, 2.05) is 67.6 Å². The molecular formula is C23H21ClN2O2S. The van der Waals surface area contributed by atoms with E-state index in [-0.39, 0.29) is 18.2 Å². The van der Waals surface area contributed by atoms with E-state index >= 15 is 0 Å². The van der Waals surface area contributed by atoms with Gasteiger partial charge in [-0.05, 0) is 60.5 Å². The standard InChI is InChI=1S/C23H21ClN2O2S/c1-16-4-2-3-5-21(16)26-23(28)15-29-20-12-10-19(11-13-20)25-22(27)14-17-6-8-18(24)9-7-17/h2-13H,14-15H2,1H3,(H,25,27)(H,26,28). The van der Waals surface area contributed by atoms with E-state index in [9.17, 15) is 9.59 Å². The van der Waals surface area contributed by atoms with Crippen molar-refractivity contribution in [1.82, 2.24) is 0 Å². The van der Waals surface area contributed by atoms with Crippen molar-refractivity contribution >= 4 is 46.6 Å². The van der Waals surface area contributed by atoms with Gasteiger partial charge in [-0.15, -0.1) is 11.8 Å². The molecule has 4 nitrogen and oxygen atoms in total. The summed E-state index contributed by atoms with van der Waals surface area (Å²) >= 11 is 7.31. The van der Waals surface area contributed by atoms with Crippen molar-refractivity contribution in [3.63, 3.8) is 0 Å². The van der Waals surface area contributed by atoms with Crippen molar-refractivity contribution in [2.75, 3.05) is 16.4 Å². The molecule has 6 heteroatoms. The van der Waals surface area contributed by atoms with Crippen LogP contribution in [0.1, 0.15) is 11.1 Å². The third-order valence-corrected chi connectivity index (χ3v) is 5.47. The summed E-state index contributed by atoms with van der Waals surface area (Å²) in [6, 6.07) is 22.4. The zero-order chi connectivity index (χ0) is 20.6. The number of rotatable bonds is 7. The Morgan fingerprint density at radius 1 is 0.862 bits per heavy atom. The summed E-state index contributed by atoms with van der Waals surface area (Å²) in [5.74, 6) is 0.173. The molecule has 0 saturated carbocycles. The molecule has 0 aliphatic carbocycles. The SMILES string of the molecule is Cc1ccccc1NC(=O)CSc1ccc(NC(=O)Cc2ccc(Cl)cc2)cc1. The highest BCUT2D eigenvalue weighted by atomic mass is 35.5. The summed E-state index contributed by atoms with van der Waals surface area (Å²) in [5, 5.41) is 6.44. The molecule has 0 atom stereocenters. The third-order valence-electron chi connectivity index (χ3n) is 4.21. The van der Waals surface area contributed by atoms with Gasteiger partial charge in [-0.3, -0.25) is 9.59 Å². The zero-order valence-electron chi connectivity index (χ0n) is 15.9. The van der Waals surface area contributed by atoms with Crippen molar-refractivity contribution in [3.05, 3.63) is 88.9 Å². The van der Waals surface area contributed by atoms with Crippen LogP contribution in [0.3, 0.4) is 0 Å². The van der Waals surface area contributed by atoms with Gasteiger partial charge < -0.3 is 10.6 Å². The van der Waals surface area contributed by atoms with Crippen molar-refractivity contribution in [3.8, 4) is 0 Å². The van der Waals surface area contributed by atoms with Crippen LogP contribution in [0.2, 0.25) is 5.02 Å². The van der Waals surface area contributed by atoms with Crippen LogP contribution >= 0.6 is 23.4 Å². The first-order valence-corrected chi connectivity index (χ1v) is 10.5. The number of halogens is 1. The molecule has 3 aromatic carbocycles. The number of carbonyl (C=O) groups excluding carboxylic acids is 2. The lowest BCUT2D eigenvalue weighted by Crippen LogP contribution is -2.15. The number of para-hydroxylation sites is 1. The molecule has 0 bridgehead atoms. The number of benzene rings is 3. The average molecular weight is 425 g/mol. The van der Waals surface area contributed by atoms with Crippen LogP contribution in [-0.2, 0) is 16.0 Å². The molecular weight excluding hydrogens is 404 g/mol. The quantitative estimate of drug-likeness (QED) is 0.488. The van der Waals surface area contributed by atoms with Gasteiger partial charge in [0.05, 0.1) is 12.2 Å². The van der Waals surface area contributed by atoms with Crippen LogP contribution in [0.15, 0.2) is 77.7 Å². The molecule has 0 spiro atoms. The molecule has 0 unspecified atom stereocenters. The van der Waals surface area contributed by atoms with Gasteiger partial charge in [0.15, 0.2) is 0 Å². The fourth-order valence-corrected chi connectivity index (χ4v) is 3.50. The van der Waals surface area contributed by atoms with E-state index in [1.54, 1.807) is 12.1 Å². The highest BCUT2D eigenvalue weighted by Gasteiger charge is 2.07. The Morgan fingerprint density at radius 3 is 2.24 bits per heavy atom. The maximum Gasteiger partial charge on any atom is 0.234 e. The molecule has 0 saturated heterocycles. The Balaban J connectivity index is 1.47. The molecule has 3 aromatic rings. The Hall–Kier alpha value is -2.76. The highest BCUT2D eigenvalue weighted by Crippen LogP contribution is 2.21. The van der Waals surface area contributed by atoms with Crippen molar-refractivity contribution < 1.29 is 9.59 Å². The second-order valence-corrected chi connectivity index (χ2v) is 8.01. The monoisotopic (exact) mass is 424 g/mol. The molecule has 0 aromatic heterocycles. The highest BCUT2D eigenvalue weighted by molar-refractivity contribution is 8.00. The third kappa shape index (κ3) is 6.66. The summed E-state index contributed by atoms with van der Waals surface area (Å²) in [6.07, 6.45) is 0.284. The number of hydrogen-bond acceptors (Lipinski definition) is 3. The second-order valence-electron chi connectivity index (χ2n) is 6.53. The minimum absolute atomic E-state index is 0.0513. The summed E-state index contributed by atoms with van der Waals surface area (Å²) in [4.78, 5) is 25.3. The van der Waals surface area contributed by atoms with E-state index < -0.39 is 0 Å². The predicted molar refractivity (Wildman–Crippen MR) is 121 cm³/mol. The second kappa shape index (κ2) is 10.1. The fraction of sp³-hybridized carbons (Fsp3) is 0.130. The Kier molecular flexibility index (Phi) is 7.33. The number of amides is 2. The number of thioether (sulfide) groups is 1. The molecule has 148 valence electrons. The van der Waals surface area contributed by atoms with Crippen molar-refractivity contribution in [2.24, 2.45) is 0 Å². The number of nitrogens with one attached hydrogen (secondary N) is 2. The van der Waals surface area contributed by atoms with Crippen LogP contribution in [0.4, 0.5) is 11.4 Å². The minimum Gasteiger partial charge on any atom is -0.326 e. The van der Waals surface area contributed by atoms with E-state index in [0.29, 0.717) is 10.8 Å². The van der Waals surface area contributed by atoms with Crippen LogP contribution in [0.5, 0.6) is 0 Å². The first kappa shape index (κ1) is 21.0. The molecule has 29 heavy (non-hydrogen) atoms. The van der Waals surface area contributed by atoms with Gasteiger partial charge in [0.1, 0.15) is 0 Å². The molecule has 0 fully saturated rings. The fourth-order valence-electron chi connectivity index (χ4n) is 2.68. The molecule has 0 aliphatic rings. The van der Waals surface area contributed by atoms with Gasteiger partial charge in [0.2, 0.25) is 11.8 Å². The zero-order valence-corrected chi connectivity index (χ0v) is 17.5. The smallest absolute Gasteiger partial charge is 0.234 e. The predicted octanol–water partition coefficient (Wildman–Crippen LogP) is 5.56. The molecule has 0 aliphatic heterocycles. The lowest BCUT2D eigenvalue weighted by Gasteiger charge is -2.09. The van der Waals surface area contributed by atoms with E-state index in [1.165, 1.54) is 11.8 Å². The lowest BCUT2D eigenvalue weighted by atomic mass is 10.1. The normalized spacial score (nSPS) is 10.4. The largest absolute Gasteiger partial charge is 0.326 e. The maximum atomic E-state index is 12.2. The van der Waals surface area contributed by atoms with E-state index in [2.05, 4.69) is 10.6 Å². The van der Waals surface area contributed by atoms with Crippen LogP contribution < -0.4 is 10.6 Å². The van der Waals surface area contributed by atoms with Crippen LogP contribution in [-0.4, -0.2) is 17.6 Å². The molecule has 0 heterocycles. The average Bonchev–Trinajstić information content (AvgIpc) is 2.71. The summed E-state index contributed by atoms with van der Waals surface area (Å²) in [6.45, 7) is 1.96. The summed E-state index contributed by atoms with van der Waals surface area (Å²) in [7, 11) is 0. The van der Waals surface area contributed by atoms with Crippen molar-refractivity contribution in [2.45, 2.75) is 18.2 Å². The maximum absolute atomic E-state index is 12.2. The number of anilines is 2. The summed E-state index contributed by atoms with van der Waals surface area (Å²) in [5.41, 5.74) is 3.48.